The predicted molar refractivity (Wildman–Crippen MR) is 108 cm³/mol. The third-order valence-electron chi connectivity index (χ3n) is 2.18. The molecule has 0 atom stereocenters. The molecule has 0 unspecified atom stereocenters. The van der Waals surface area contributed by atoms with Gasteiger partial charge in [-0.25, -0.2) is 0 Å². The Hall–Kier alpha value is -0.980. The largest absolute Gasteiger partial charge is 0.495 e. The zero-order chi connectivity index (χ0) is 15.0. The summed E-state index contributed by atoms with van der Waals surface area (Å²) < 4.78 is 6.87. The summed E-state index contributed by atoms with van der Waals surface area (Å²) in [6, 6.07) is 3.93. The predicted octanol–water partition coefficient (Wildman–Crippen LogP) is 5.67. The van der Waals surface area contributed by atoms with Crippen LogP contribution in [0.4, 0.5) is 0 Å². The van der Waals surface area contributed by atoms with Crippen molar-refractivity contribution in [2.24, 2.45) is 0 Å². The molecule has 132 valence electrons. The molecule has 2 heterocycles. The topological polar surface area (TPSA) is 38.2 Å². The number of pyridine rings is 2. The van der Waals surface area contributed by atoms with Crippen molar-refractivity contribution in [3.63, 3.8) is 0 Å². The lowest BCUT2D eigenvalue weighted by atomic mass is 10.3. The molecule has 0 fully saturated rings. The van der Waals surface area contributed by atoms with E-state index in [1.54, 1.807) is 25.7 Å². The first kappa shape index (κ1) is 26.9. The first-order chi connectivity index (χ1) is 9.51. The number of hydrogen-bond donors (Lipinski definition) is 0. The third-order valence-corrected chi connectivity index (χ3v) is 3.04. The average molecular weight is 451 g/mol. The molecular formula is C17H29Br2N3O. The summed E-state index contributed by atoms with van der Waals surface area (Å²) in [5, 5.41) is 0. The van der Waals surface area contributed by atoms with Crippen molar-refractivity contribution in [2.45, 2.75) is 28.8 Å². The minimum absolute atomic E-state index is 0. The standard InChI is InChI=1S/C8H11BrN2.C6H6BrNO.3CH4/c1-11(2)6-7-3-8(9)5-10-4-7;1-9-6-2-5(7)3-8-4-6;;;/h3-5H,6H2,1-2H3;2-4H,1H3;3*1H4. The van der Waals surface area contributed by atoms with Gasteiger partial charge in [0.1, 0.15) is 5.75 Å². The second-order valence-corrected chi connectivity index (χ2v) is 6.12. The van der Waals surface area contributed by atoms with E-state index in [1.165, 1.54) is 5.56 Å². The van der Waals surface area contributed by atoms with E-state index in [0.717, 1.165) is 21.2 Å². The summed E-state index contributed by atoms with van der Waals surface area (Å²) in [6.07, 6.45) is 7.04. The lowest BCUT2D eigenvalue weighted by molar-refractivity contribution is 0.402. The molecule has 2 aromatic heterocycles. The van der Waals surface area contributed by atoms with Gasteiger partial charge >= 0.3 is 0 Å². The maximum Gasteiger partial charge on any atom is 0.138 e. The zero-order valence-electron chi connectivity index (χ0n) is 11.7. The summed E-state index contributed by atoms with van der Waals surface area (Å²) in [5.74, 6) is 0.768. The quantitative estimate of drug-likeness (QED) is 0.603. The van der Waals surface area contributed by atoms with Crippen LogP contribution in [0.25, 0.3) is 0 Å². The van der Waals surface area contributed by atoms with Gasteiger partial charge in [0.25, 0.3) is 0 Å². The van der Waals surface area contributed by atoms with Crippen molar-refractivity contribution in [2.75, 3.05) is 21.2 Å². The van der Waals surface area contributed by atoms with Gasteiger partial charge in [-0.05, 0) is 63.7 Å². The van der Waals surface area contributed by atoms with Gasteiger partial charge in [0.05, 0.1) is 13.3 Å². The molecule has 2 aromatic rings. The second-order valence-electron chi connectivity index (χ2n) is 4.29. The van der Waals surface area contributed by atoms with Crippen molar-refractivity contribution >= 4 is 31.9 Å². The van der Waals surface area contributed by atoms with E-state index in [0.29, 0.717) is 0 Å². The maximum atomic E-state index is 4.90. The van der Waals surface area contributed by atoms with Crippen molar-refractivity contribution < 1.29 is 4.74 Å². The Kier molecular flexibility index (Phi) is 17.1. The summed E-state index contributed by atoms with van der Waals surface area (Å²) in [5.41, 5.74) is 1.23. The second kappa shape index (κ2) is 14.6. The monoisotopic (exact) mass is 449 g/mol. The van der Waals surface area contributed by atoms with Gasteiger partial charge < -0.3 is 9.64 Å². The van der Waals surface area contributed by atoms with Crippen molar-refractivity contribution in [1.82, 2.24) is 14.9 Å². The van der Waals surface area contributed by atoms with Crippen LogP contribution in [0.5, 0.6) is 5.75 Å². The summed E-state index contributed by atoms with van der Waals surface area (Å²) in [7, 11) is 5.70. The molecule has 4 nitrogen and oxygen atoms in total. The molecule has 0 saturated carbocycles. The highest BCUT2D eigenvalue weighted by atomic mass is 79.9. The fourth-order valence-electron chi connectivity index (χ4n) is 1.41. The number of nitrogens with zero attached hydrogens (tertiary/aromatic N) is 3. The smallest absolute Gasteiger partial charge is 0.138 e. The normalized spacial score (nSPS) is 8.61. The number of halogens is 2. The number of rotatable bonds is 3. The Balaban J connectivity index is -0.000000312. The number of aromatic nitrogens is 2. The summed E-state index contributed by atoms with van der Waals surface area (Å²) in [6.45, 7) is 0.937. The first-order valence-electron chi connectivity index (χ1n) is 5.90. The van der Waals surface area contributed by atoms with Crippen LogP contribution < -0.4 is 4.74 Å². The molecule has 0 saturated heterocycles. The highest BCUT2D eigenvalue weighted by Gasteiger charge is 1.95. The Morgan fingerprint density at radius 1 is 0.913 bits per heavy atom. The molecule has 0 amide bonds. The van der Waals surface area contributed by atoms with Crippen LogP contribution in [-0.2, 0) is 6.54 Å². The van der Waals surface area contributed by atoms with Gasteiger partial charge in [0.2, 0.25) is 0 Å². The molecule has 0 spiro atoms. The van der Waals surface area contributed by atoms with E-state index in [2.05, 4.69) is 52.8 Å². The Morgan fingerprint density at radius 3 is 1.83 bits per heavy atom. The lowest BCUT2D eigenvalue weighted by Gasteiger charge is -2.08. The molecule has 0 aromatic carbocycles. The van der Waals surface area contributed by atoms with Crippen LogP contribution in [0, 0.1) is 0 Å². The number of hydrogen-bond acceptors (Lipinski definition) is 4. The van der Waals surface area contributed by atoms with E-state index < -0.39 is 0 Å². The average Bonchev–Trinajstić information content (AvgIpc) is 2.38. The van der Waals surface area contributed by atoms with Gasteiger partial charge in [-0.15, -0.1) is 0 Å². The Labute approximate surface area is 158 Å². The molecule has 6 heteroatoms. The molecule has 23 heavy (non-hydrogen) atoms. The van der Waals surface area contributed by atoms with Crippen LogP contribution in [0.2, 0.25) is 0 Å². The molecule has 0 bridgehead atoms. The number of methoxy groups -OCH3 is 1. The Morgan fingerprint density at radius 2 is 1.43 bits per heavy atom. The first-order valence-corrected chi connectivity index (χ1v) is 7.48. The highest BCUT2D eigenvalue weighted by Crippen LogP contribution is 2.14. The van der Waals surface area contributed by atoms with Crippen LogP contribution in [0.3, 0.4) is 0 Å². The van der Waals surface area contributed by atoms with Gasteiger partial charge in [0.15, 0.2) is 0 Å². The van der Waals surface area contributed by atoms with Crippen molar-refractivity contribution in [3.8, 4) is 5.75 Å². The number of ether oxygens (including phenoxy) is 1. The molecular weight excluding hydrogens is 422 g/mol. The molecule has 0 N–H and O–H groups in total. The van der Waals surface area contributed by atoms with Crippen LogP contribution in [0.1, 0.15) is 27.8 Å². The SMILES string of the molecule is C.C.C.CN(C)Cc1cncc(Br)c1.COc1cncc(Br)c1. The van der Waals surface area contributed by atoms with Crippen LogP contribution >= 0.6 is 31.9 Å². The Bertz CT molecular complexity index is 537. The van der Waals surface area contributed by atoms with Crippen molar-refractivity contribution in [1.29, 1.82) is 0 Å². The summed E-state index contributed by atoms with van der Waals surface area (Å²) in [4.78, 5) is 10.1. The van der Waals surface area contributed by atoms with E-state index in [4.69, 9.17) is 4.74 Å². The molecule has 0 aliphatic carbocycles. The van der Waals surface area contributed by atoms with Crippen LogP contribution in [-0.4, -0.2) is 36.1 Å². The molecule has 2 rings (SSSR count). The van der Waals surface area contributed by atoms with Gasteiger partial charge in [-0.2, -0.15) is 0 Å². The fraction of sp³-hybridized carbons (Fsp3) is 0.412. The maximum absolute atomic E-state index is 4.90. The van der Waals surface area contributed by atoms with E-state index in [9.17, 15) is 0 Å². The molecule has 0 aliphatic heterocycles. The lowest BCUT2D eigenvalue weighted by Crippen LogP contribution is -2.10. The minimum Gasteiger partial charge on any atom is -0.495 e. The minimum atomic E-state index is 0. The molecule has 0 radical (unpaired) electrons. The summed E-state index contributed by atoms with van der Waals surface area (Å²) >= 11 is 6.63. The van der Waals surface area contributed by atoms with Gasteiger partial charge in [-0.1, -0.05) is 22.3 Å². The van der Waals surface area contributed by atoms with E-state index >= 15 is 0 Å². The van der Waals surface area contributed by atoms with E-state index in [1.807, 2.05) is 26.4 Å². The van der Waals surface area contributed by atoms with Crippen molar-refractivity contribution in [3.05, 3.63) is 51.4 Å². The zero-order valence-corrected chi connectivity index (χ0v) is 14.8. The van der Waals surface area contributed by atoms with Crippen LogP contribution in [0.15, 0.2) is 45.9 Å². The van der Waals surface area contributed by atoms with Gasteiger partial charge in [0, 0.05) is 34.1 Å². The van der Waals surface area contributed by atoms with E-state index in [-0.39, 0.29) is 22.3 Å². The van der Waals surface area contributed by atoms with Gasteiger partial charge in [-0.3, -0.25) is 9.97 Å². The highest BCUT2D eigenvalue weighted by molar-refractivity contribution is 9.10. The third kappa shape index (κ3) is 12.1. The fourth-order valence-corrected chi connectivity index (χ4v) is 2.17. The molecule has 0 aliphatic rings.